The number of hydrogen-bond donors (Lipinski definition) is 2. The molecule has 114 valence electrons. The van der Waals surface area contributed by atoms with Crippen LogP contribution >= 0.6 is 34.4 Å². The maximum atomic E-state index is 12.7. The number of halogens is 1. The molecule has 1 aliphatic heterocycles. The molecule has 0 saturated carbocycles. The SMILES string of the molecule is CC(C)C1SCC(C(=O)O)N1C(=O)c1cc(I)ccc1O. The van der Waals surface area contributed by atoms with Crippen molar-refractivity contribution >= 4 is 46.2 Å². The van der Waals surface area contributed by atoms with Gasteiger partial charge in [0.15, 0.2) is 0 Å². The van der Waals surface area contributed by atoms with Crippen LogP contribution in [0.15, 0.2) is 18.2 Å². The highest BCUT2D eigenvalue weighted by Crippen LogP contribution is 2.36. The van der Waals surface area contributed by atoms with Gasteiger partial charge >= 0.3 is 5.97 Å². The number of thioether (sulfide) groups is 1. The summed E-state index contributed by atoms with van der Waals surface area (Å²) < 4.78 is 0.813. The molecule has 0 bridgehead atoms. The summed E-state index contributed by atoms with van der Waals surface area (Å²) in [5.41, 5.74) is 0.154. The van der Waals surface area contributed by atoms with Crippen LogP contribution in [0.25, 0.3) is 0 Å². The third-order valence-electron chi connectivity index (χ3n) is 3.31. The molecule has 1 aromatic rings. The summed E-state index contributed by atoms with van der Waals surface area (Å²) in [5.74, 6) is -1.06. The number of hydrogen-bond acceptors (Lipinski definition) is 4. The van der Waals surface area contributed by atoms with Crippen molar-refractivity contribution in [1.82, 2.24) is 4.90 Å². The molecule has 1 saturated heterocycles. The van der Waals surface area contributed by atoms with Crippen molar-refractivity contribution < 1.29 is 19.8 Å². The van der Waals surface area contributed by atoms with Crippen molar-refractivity contribution in [2.45, 2.75) is 25.3 Å². The normalized spacial score (nSPS) is 21.8. The standard InChI is InChI=1S/C14H16INO4S/c1-7(2)13-16(10(6-21-13)14(19)20)12(18)9-5-8(15)3-4-11(9)17/h3-5,7,10,13,17H,6H2,1-2H3,(H,19,20). The molecule has 0 radical (unpaired) electrons. The molecule has 1 fully saturated rings. The first-order chi connectivity index (χ1) is 9.82. The van der Waals surface area contributed by atoms with Crippen LogP contribution in [-0.2, 0) is 4.79 Å². The van der Waals surface area contributed by atoms with Crippen LogP contribution in [0, 0.1) is 9.49 Å². The maximum Gasteiger partial charge on any atom is 0.327 e. The van der Waals surface area contributed by atoms with E-state index in [1.165, 1.54) is 22.7 Å². The zero-order chi connectivity index (χ0) is 15.7. The Bertz CT molecular complexity index is 578. The van der Waals surface area contributed by atoms with Gasteiger partial charge in [-0.05, 0) is 46.7 Å². The van der Waals surface area contributed by atoms with E-state index in [4.69, 9.17) is 0 Å². The fourth-order valence-electron chi connectivity index (χ4n) is 2.31. The molecule has 5 nitrogen and oxygen atoms in total. The molecule has 1 amide bonds. The highest BCUT2D eigenvalue weighted by Gasteiger charge is 2.43. The van der Waals surface area contributed by atoms with Crippen molar-refractivity contribution in [2.24, 2.45) is 5.92 Å². The topological polar surface area (TPSA) is 77.8 Å². The number of benzene rings is 1. The Morgan fingerprint density at radius 2 is 2.10 bits per heavy atom. The minimum atomic E-state index is -1.01. The van der Waals surface area contributed by atoms with E-state index in [2.05, 4.69) is 22.6 Å². The molecule has 21 heavy (non-hydrogen) atoms. The summed E-state index contributed by atoms with van der Waals surface area (Å²) >= 11 is 3.52. The lowest BCUT2D eigenvalue weighted by Crippen LogP contribution is -2.47. The average Bonchev–Trinajstić information content (AvgIpc) is 2.85. The molecule has 2 unspecified atom stereocenters. The number of aliphatic carboxylic acids is 1. The van der Waals surface area contributed by atoms with E-state index in [9.17, 15) is 19.8 Å². The van der Waals surface area contributed by atoms with Gasteiger partial charge in [-0.15, -0.1) is 11.8 Å². The molecular formula is C14H16INO4S. The minimum Gasteiger partial charge on any atom is -0.507 e. The number of carbonyl (C=O) groups is 2. The highest BCUT2D eigenvalue weighted by atomic mass is 127. The summed E-state index contributed by atoms with van der Waals surface area (Å²) in [7, 11) is 0. The number of amides is 1. The van der Waals surface area contributed by atoms with E-state index >= 15 is 0 Å². The third kappa shape index (κ3) is 3.28. The fourth-order valence-corrected chi connectivity index (χ4v) is 4.27. The van der Waals surface area contributed by atoms with Gasteiger partial charge in [0.1, 0.15) is 11.8 Å². The first kappa shape index (κ1) is 16.4. The first-order valence-corrected chi connectivity index (χ1v) is 8.61. The van der Waals surface area contributed by atoms with E-state index < -0.39 is 17.9 Å². The Kier molecular flexibility index (Phi) is 5.03. The molecule has 0 aromatic heterocycles. The van der Waals surface area contributed by atoms with Gasteiger partial charge in [-0.3, -0.25) is 4.79 Å². The fraction of sp³-hybridized carbons (Fsp3) is 0.429. The zero-order valence-electron chi connectivity index (χ0n) is 11.6. The Morgan fingerprint density at radius 1 is 1.43 bits per heavy atom. The molecular weight excluding hydrogens is 405 g/mol. The van der Waals surface area contributed by atoms with E-state index in [0.717, 1.165) is 3.57 Å². The lowest BCUT2D eigenvalue weighted by atomic mass is 10.1. The second kappa shape index (κ2) is 6.43. The molecule has 2 atom stereocenters. The van der Waals surface area contributed by atoms with Crippen molar-refractivity contribution in [3.8, 4) is 5.75 Å². The Balaban J connectivity index is 2.41. The van der Waals surface area contributed by atoms with Gasteiger partial charge < -0.3 is 15.1 Å². The number of nitrogens with zero attached hydrogens (tertiary/aromatic N) is 1. The van der Waals surface area contributed by atoms with Gasteiger partial charge in [-0.25, -0.2) is 4.79 Å². The van der Waals surface area contributed by atoms with E-state index in [-0.39, 0.29) is 22.6 Å². The quantitative estimate of drug-likeness (QED) is 0.734. The van der Waals surface area contributed by atoms with Crippen LogP contribution in [-0.4, -0.2) is 44.2 Å². The monoisotopic (exact) mass is 421 g/mol. The number of carboxylic acid groups (broad SMARTS) is 1. The molecule has 2 N–H and O–H groups in total. The summed E-state index contributed by atoms with van der Waals surface area (Å²) in [6.45, 7) is 3.91. The van der Waals surface area contributed by atoms with Crippen LogP contribution < -0.4 is 0 Å². The lowest BCUT2D eigenvalue weighted by molar-refractivity contribution is -0.141. The smallest absolute Gasteiger partial charge is 0.327 e. The molecule has 7 heteroatoms. The Hall–Kier alpha value is -0.960. The van der Waals surface area contributed by atoms with Crippen LogP contribution in [0.5, 0.6) is 5.75 Å². The highest BCUT2D eigenvalue weighted by molar-refractivity contribution is 14.1. The predicted molar refractivity (Wildman–Crippen MR) is 89.5 cm³/mol. The van der Waals surface area contributed by atoms with Crippen molar-refractivity contribution in [2.75, 3.05) is 5.75 Å². The van der Waals surface area contributed by atoms with Crippen LogP contribution in [0.1, 0.15) is 24.2 Å². The van der Waals surface area contributed by atoms with Crippen molar-refractivity contribution in [1.29, 1.82) is 0 Å². The van der Waals surface area contributed by atoms with Crippen molar-refractivity contribution in [3.05, 3.63) is 27.3 Å². The summed E-state index contributed by atoms with van der Waals surface area (Å²) in [5, 5.41) is 19.0. The van der Waals surface area contributed by atoms with Crippen LogP contribution in [0.4, 0.5) is 0 Å². The van der Waals surface area contributed by atoms with E-state index in [1.807, 2.05) is 13.8 Å². The summed E-state index contributed by atoms with van der Waals surface area (Å²) in [4.78, 5) is 25.5. The molecule has 0 spiro atoms. The second-order valence-electron chi connectivity index (χ2n) is 5.20. The number of carbonyl (C=O) groups excluding carboxylic acids is 1. The van der Waals surface area contributed by atoms with Gasteiger partial charge in [-0.2, -0.15) is 0 Å². The first-order valence-electron chi connectivity index (χ1n) is 6.48. The van der Waals surface area contributed by atoms with Crippen molar-refractivity contribution in [3.63, 3.8) is 0 Å². The summed E-state index contributed by atoms with van der Waals surface area (Å²) in [6, 6.07) is 3.88. The maximum absolute atomic E-state index is 12.7. The van der Waals surface area contributed by atoms with Gasteiger partial charge in [0, 0.05) is 9.32 Å². The molecule has 1 aromatic carbocycles. The van der Waals surface area contributed by atoms with Gasteiger partial charge in [0.25, 0.3) is 5.91 Å². The van der Waals surface area contributed by atoms with Gasteiger partial charge in [0.05, 0.1) is 10.9 Å². The van der Waals surface area contributed by atoms with Gasteiger partial charge in [0.2, 0.25) is 0 Å². The number of rotatable bonds is 3. The average molecular weight is 421 g/mol. The zero-order valence-corrected chi connectivity index (χ0v) is 14.6. The number of aromatic hydroxyl groups is 1. The van der Waals surface area contributed by atoms with E-state index in [1.54, 1.807) is 12.1 Å². The minimum absolute atomic E-state index is 0.121. The number of phenols is 1. The Morgan fingerprint density at radius 3 is 2.67 bits per heavy atom. The lowest BCUT2D eigenvalue weighted by Gasteiger charge is -2.30. The predicted octanol–water partition coefficient (Wildman–Crippen LogP) is 2.62. The molecule has 1 heterocycles. The van der Waals surface area contributed by atoms with E-state index in [0.29, 0.717) is 5.75 Å². The Labute approximate surface area is 140 Å². The number of phenolic OH excluding ortho intramolecular Hbond substituents is 1. The largest absolute Gasteiger partial charge is 0.507 e. The third-order valence-corrected chi connectivity index (χ3v) is 5.61. The molecule has 1 aliphatic rings. The number of carboxylic acids is 1. The second-order valence-corrected chi connectivity index (χ2v) is 7.59. The molecule has 2 rings (SSSR count). The van der Waals surface area contributed by atoms with Crippen LogP contribution in [0.2, 0.25) is 0 Å². The summed E-state index contributed by atoms with van der Waals surface area (Å²) in [6.07, 6.45) is 0. The van der Waals surface area contributed by atoms with Crippen LogP contribution in [0.3, 0.4) is 0 Å². The van der Waals surface area contributed by atoms with Gasteiger partial charge in [-0.1, -0.05) is 13.8 Å². The molecule has 0 aliphatic carbocycles.